The van der Waals surface area contributed by atoms with Gasteiger partial charge in [0.05, 0.1) is 6.26 Å². The van der Waals surface area contributed by atoms with Crippen molar-refractivity contribution in [3.8, 4) is 10.6 Å². The largest absolute Gasteiger partial charge is 0.472 e. The number of amides is 2. The van der Waals surface area contributed by atoms with Crippen molar-refractivity contribution in [1.29, 1.82) is 0 Å². The highest BCUT2D eigenvalue weighted by Gasteiger charge is 2.27. The molecule has 2 aromatic rings. The van der Waals surface area contributed by atoms with Crippen LogP contribution in [0.4, 0.5) is 0 Å². The average molecular weight is 333 g/mol. The van der Waals surface area contributed by atoms with Crippen LogP contribution in [-0.2, 0) is 4.79 Å². The van der Waals surface area contributed by atoms with E-state index < -0.39 is 0 Å². The van der Waals surface area contributed by atoms with Gasteiger partial charge in [0.1, 0.15) is 17.0 Å². The van der Waals surface area contributed by atoms with Crippen LogP contribution in [0.1, 0.15) is 30.3 Å². The van der Waals surface area contributed by atoms with Crippen molar-refractivity contribution in [1.82, 2.24) is 14.8 Å². The third kappa shape index (κ3) is 3.29. The lowest BCUT2D eigenvalue weighted by atomic mass is 10.0. The fourth-order valence-electron chi connectivity index (χ4n) is 2.77. The second-order valence-corrected chi connectivity index (χ2v) is 6.56. The maximum absolute atomic E-state index is 12.6. The van der Waals surface area contributed by atoms with Gasteiger partial charge in [0.15, 0.2) is 0 Å². The van der Waals surface area contributed by atoms with Crippen LogP contribution in [0, 0.1) is 0 Å². The molecule has 0 bridgehead atoms. The minimum atomic E-state index is -0.0417. The van der Waals surface area contributed by atoms with Gasteiger partial charge in [0.25, 0.3) is 5.91 Å². The Morgan fingerprint density at radius 1 is 1.39 bits per heavy atom. The summed E-state index contributed by atoms with van der Waals surface area (Å²) in [4.78, 5) is 32.0. The van der Waals surface area contributed by atoms with E-state index in [2.05, 4.69) is 4.98 Å². The van der Waals surface area contributed by atoms with E-state index in [9.17, 15) is 9.59 Å². The number of rotatable bonds is 3. The molecule has 0 N–H and O–H groups in total. The van der Waals surface area contributed by atoms with Crippen molar-refractivity contribution in [3.05, 3.63) is 29.7 Å². The number of nitrogens with zero attached hydrogens (tertiary/aromatic N) is 3. The zero-order chi connectivity index (χ0) is 16.4. The van der Waals surface area contributed by atoms with E-state index in [1.807, 2.05) is 18.0 Å². The summed E-state index contributed by atoms with van der Waals surface area (Å²) >= 11 is 1.44. The van der Waals surface area contributed by atoms with Gasteiger partial charge in [0, 0.05) is 44.0 Å². The third-order valence-corrected chi connectivity index (χ3v) is 5.18. The van der Waals surface area contributed by atoms with Crippen molar-refractivity contribution < 1.29 is 14.0 Å². The molecule has 0 aromatic carbocycles. The summed E-state index contributed by atoms with van der Waals surface area (Å²) in [5.74, 6) is 0.0268. The van der Waals surface area contributed by atoms with Gasteiger partial charge in [-0.3, -0.25) is 9.59 Å². The van der Waals surface area contributed by atoms with E-state index >= 15 is 0 Å². The molecule has 0 radical (unpaired) electrons. The maximum Gasteiger partial charge on any atom is 0.273 e. The van der Waals surface area contributed by atoms with Crippen LogP contribution in [0.5, 0.6) is 0 Å². The average Bonchev–Trinajstić information content (AvgIpc) is 3.24. The number of thiazole rings is 1. The molecule has 1 saturated heterocycles. The number of furan rings is 1. The Labute approximate surface area is 138 Å². The first-order chi connectivity index (χ1) is 11.1. The summed E-state index contributed by atoms with van der Waals surface area (Å²) in [6, 6.07) is 2.05. The second kappa shape index (κ2) is 6.54. The first-order valence-electron chi connectivity index (χ1n) is 7.57. The Hall–Kier alpha value is -2.15. The quantitative estimate of drug-likeness (QED) is 0.865. The summed E-state index contributed by atoms with van der Waals surface area (Å²) in [6.45, 7) is 2.88. The van der Waals surface area contributed by atoms with Gasteiger partial charge >= 0.3 is 0 Å². The lowest BCUT2D eigenvalue weighted by molar-refractivity contribution is -0.130. The van der Waals surface area contributed by atoms with E-state index in [4.69, 9.17) is 4.42 Å². The fraction of sp³-hybridized carbons (Fsp3) is 0.438. The molecule has 0 unspecified atom stereocenters. The van der Waals surface area contributed by atoms with Gasteiger partial charge in [-0.1, -0.05) is 0 Å². The van der Waals surface area contributed by atoms with Gasteiger partial charge in [0.2, 0.25) is 5.91 Å². The number of likely N-dealkylation sites (tertiary alicyclic amines) is 1. The number of carbonyl (C=O) groups is 2. The first kappa shape index (κ1) is 15.7. The van der Waals surface area contributed by atoms with Crippen LogP contribution < -0.4 is 0 Å². The van der Waals surface area contributed by atoms with E-state index in [0.29, 0.717) is 18.8 Å². The highest BCUT2D eigenvalue weighted by molar-refractivity contribution is 7.13. The minimum absolute atomic E-state index is 0.0417. The van der Waals surface area contributed by atoms with E-state index in [0.717, 1.165) is 23.4 Å². The molecule has 122 valence electrons. The van der Waals surface area contributed by atoms with Gasteiger partial charge in [-0.25, -0.2) is 4.98 Å². The molecule has 1 fully saturated rings. The molecule has 23 heavy (non-hydrogen) atoms. The van der Waals surface area contributed by atoms with E-state index in [-0.39, 0.29) is 17.9 Å². The van der Waals surface area contributed by atoms with Crippen molar-refractivity contribution in [2.75, 3.05) is 20.1 Å². The second-order valence-electron chi connectivity index (χ2n) is 5.70. The molecule has 0 spiro atoms. The molecular formula is C16H19N3O3S. The van der Waals surface area contributed by atoms with Crippen LogP contribution in [0.2, 0.25) is 0 Å². The summed E-state index contributed by atoms with van der Waals surface area (Å²) in [6.07, 6.45) is 4.83. The predicted molar refractivity (Wildman–Crippen MR) is 87.2 cm³/mol. The van der Waals surface area contributed by atoms with Crippen molar-refractivity contribution >= 4 is 23.2 Å². The third-order valence-electron chi connectivity index (χ3n) is 4.29. The maximum atomic E-state index is 12.6. The molecule has 2 aromatic heterocycles. The molecular weight excluding hydrogens is 314 g/mol. The summed E-state index contributed by atoms with van der Waals surface area (Å²) in [5, 5.41) is 2.58. The monoisotopic (exact) mass is 333 g/mol. The van der Waals surface area contributed by atoms with E-state index in [1.165, 1.54) is 11.3 Å². The van der Waals surface area contributed by atoms with Gasteiger partial charge in [-0.15, -0.1) is 11.3 Å². The Bertz CT molecular complexity index is 687. The standard InChI is InChI=1S/C16H19N3O3S/c1-11(20)18(2)13-3-6-19(7-4-13)16(21)14-10-23-15(17-14)12-5-8-22-9-12/h5,8-10,13H,3-4,6-7H2,1-2H3. The zero-order valence-corrected chi connectivity index (χ0v) is 14.0. The molecule has 0 saturated carbocycles. The Balaban J connectivity index is 1.63. The van der Waals surface area contributed by atoms with Crippen LogP contribution >= 0.6 is 11.3 Å². The molecule has 6 nitrogen and oxygen atoms in total. The topological polar surface area (TPSA) is 66.7 Å². The lowest BCUT2D eigenvalue weighted by Gasteiger charge is -2.36. The predicted octanol–water partition coefficient (Wildman–Crippen LogP) is 2.49. The number of piperidine rings is 1. The number of carbonyl (C=O) groups excluding carboxylic acids is 2. The Kier molecular flexibility index (Phi) is 4.47. The Morgan fingerprint density at radius 2 is 2.13 bits per heavy atom. The highest BCUT2D eigenvalue weighted by Crippen LogP contribution is 2.25. The van der Waals surface area contributed by atoms with Crippen LogP contribution in [0.3, 0.4) is 0 Å². The molecule has 2 amide bonds. The van der Waals surface area contributed by atoms with Crippen molar-refractivity contribution in [2.24, 2.45) is 0 Å². The summed E-state index contributed by atoms with van der Waals surface area (Å²) in [5.41, 5.74) is 1.36. The molecule has 3 rings (SSSR count). The summed E-state index contributed by atoms with van der Waals surface area (Å²) in [7, 11) is 1.82. The zero-order valence-electron chi connectivity index (χ0n) is 13.2. The lowest BCUT2D eigenvalue weighted by Crippen LogP contribution is -2.46. The van der Waals surface area contributed by atoms with Crippen LogP contribution in [-0.4, -0.2) is 52.8 Å². The SMILES string of the molecule is CC(=O)N(C)C1CCN(C(=O)c2csc(-c3ccoc3)n2)CC1. The highest BCUT2D eigenvalue weighted by atomic mass is 32.1. The summed E-state index contributed by atoms with van der Waals surface area (Å²) < 4.78 is 5.05. The first-order valence-corrected chi connectivity index (χ1v) is 8.45. The molecule has 0 atom stereocenters. The fourth-order valence-corrected chi connectivity index (χ4v) is 3.55. The molecule has 0 aliphatic carbocycles. The molecule has 1 aliphatic rings. The van der Waals surface area contributed by atoms with Crippen molar-refractivity contribution in [3.63, 3.8) is 0 Å². The van der Waals surface area contributed by atoms with Crippen LogP contribution in [0.25, 0.3) is 10.6 Å². The van der Waals surface area contributed by atoms with Crippen molar-refractivity contribution in [2.45, 2.75) is 25.8 Å². The van der Waals surface area contributed by atoms with Crippen LogP contribution in [0.15, 0.2) is 28.4 Å². The van der Waals surface area contributed by atoms with Gasteiger partial charge in [-0.2, -0.15) is 0 Å². The molecule has 7 heteroatoms. The Morgan fingerprint density at radius 3 is 2.74 bits per heavy atom. The smallest absolute Gasteiger partial charge is 0.273 e. The minimum Gasteiger partial charge on any atom is -0.472 e. The number of hydrogen-bond donors (Lipinski definition) is 0. The molecule has 3 heterocycles. The van der Waals surface area contributed by atoms with Gasteiger partial charge < -0.3 is 14.2 Å². The number of aromatic nitrogens is 1. The number of hydrogen-bond acceptors (Lipinski definition) is 5. The molecule has 1 aliphatic heterocycles. The van der Waals surface area contributed by atoms with Gasteiger partial charge in [-0.05, 0) is 18.9 Å². The normalized spacial score (nSPS) is 15.7. The van der Waals surface area contributed by atoms with E-state index in [1.54, 1.807) is 29.7 Å².